The summed E-state index contributed by atoms with van der Waals surface area (Å²) in [6.07, 6.45) is 2.31. The Hall–Kier alpha value is -1.23. The fraction of sp³-hybridized carbons (Fsp3) is 0.533. The Morgan fingerprint density at radius 2 is 2.30 bits per heavy atom. The molecule has 1 aliphatic heterocycles. The summed E-state index contributed by atoms with van der Waals surface area (Å²) in [5, 5.41) is 5.86. The molecule has 1 heterocycles. The summed E-state index contributed by atoms with van der Waals surface area (Å²) >= 11 is 1.90. The second-order valence-electron chi connectivity index (χ2n) is 5.28. The molecule has 1 amide bonds. The molecule has 0 saturated carbocycles. The van der Waals surface area contributed by atoms with Crippen molar-refractivity contribution in [3.63, 3.8) is 0 Å². The van der Waals surface area contributed by atoms with Gasteiger partial charge < -0.3 is 10.6 Å². The number of nitrogens with one attached hydrogen (secondary N) is 2. The van der Waals surface area contributed by atoms with Gasteiger partial charge in [0.25, 0.3) is 5.91 Å². The minimum absolute atomic E-state index is 0.112. The number of hydrogen-bond donors (Lipinski definition) is 2. The van der Waals surface area contributed by atoms with Crippen LogP contribution in [-0.2, 0) is 0 Å². The fourth-order valence-electron chi connectivity index (χ4n) is 2.41. The van der Waals surface area contributed by atoms with Crippen LogP contribution in [0.15, 0.2) is 18.2 Å². The molecule has 1 atom stereocenters. The Balaban J connectivity index is 2.07. The van der Waals surface area contributed by atoms with Gasteiger partial charge in [0.05, 0.1) is 11.3 Å². The third-order valence-corrected chi connectivity index (χ3v) is 5.07. The molecule has 2 N–H and O–H groups in total. The molecule has 0 aliphatic carbocycles. The quantitative estimate of drug-likeness (QED) is 0.876. The standard InChI is InChI=1S/C15H21FN2OS/c1-3-17-13-11(6-4-7-12(13)16)14(19)18-10-15(2)8-5-9-20-15/h4,6-7,17H,3,5,8-10H2,1-2H3,(H,18,19). The molecular formula is C15H21FN2OS. The second kappa shape index (κ2) is 6.48. The van der Waals surface area contributed by atoms with Gasteiger partial charge in [-0.25, -0.2) is 4.39 Å². The van der Waals surface area contributed by atoms with Crippen molar-refractivity contribution in [2.24, 2.45) is 0 Å². The van der Waals surface area contributed by atoms with E-state index >= 15 is 0 Å². The highest BCUT2D eigenvalue weighted by Crippen LogP contribution is 2.37. The van der Waals surface area contributed by atoms with Gasteiger partial charge in [0, 0.05) is 17.8 Å². The highest BCUT2D eigenvalue weighted by molar-refractivity contribution is 8.00. The lowest BCUT2D eigenvalue weighted by atomic mass is 10.1. The number of carbonyl (C=O) groups is 1. The van der Waals surface area contributed by atoms with E-state index in [0.29, 0.717) is 18.7 Å². The van der Waals surface area contributed by atoms with Crippen LogP contribution in [0.3, 0.4) is 0 Å². The number of thioether (sulfide) groups is 1. The van der Waals surface area contributed by atoms with Gasteiger partial charge in [-0.15, -0.1) is 0 Å². The molecule has 1 aromatic rings. The van der Waals surface area contributed by atoms with Crippen molar-refractivity contribution in [1.29, 1.82) is 0 Å². The Bertz CT molecular complexity index is 487. The van der Waals surface area contributed by atoms with Crippen LogP contribution in [0, 0.1) is 5.82 Å². The summed E-state index contributed by atoms with van der Waals surface area (Å²) in [4.78, 5) is 12.3. The first kappa shape index (κ1) is 15.2. The van der Waals surface area contributed by atoms with Crippen LogP contribution in [0.4, 0.5) is 10.1 Å². The van der Waals surface area contributed by atoms with Gasteiger partial charge >= 0.3 is 0 Å². The zero-order valence-electron chi connectivity index (χ0n) is 12.0. The van der Waals surface area contributed by atoms with Crippen molar-refractivity contribution < 1.29 is 9.18 Å². The SMILES string of the molecule is CCNc1c(F)cccc1C(=O)NCC1(C)CCCS1. The van der Waals surface area contributed by atoms with E-state index in [-0.39, 0.29) is 22.2 Å². The van der Waals surface area contributed by atoms with E-state index < -0.39 is 0 Å². The number of halogens is 1. The Morgan fingerprint density at radius 3 is 2.95 bits per heavy atom. The van der Waals surface area contributed by atoms with Gasteiger partial charge in [-0.1, -0.05) is 6.07 Å². The Labute approximate surface area is 123 Å². The molecule has 1 aromatic carbocycles. The van der Waals surface area contributed by atoms with Crippen molar-refractivity contribution in [2.75, 3.05) is 24.2 Å². The van der Waals surface area contributed by atoms with Crippen LogP contribution in [-0.4, -0.2) is 29.5 Å². The molecule has 0 radical (unpaired) electrons. The number of benzene rings is 1. The molecule has 1 aliphatic rings. The summed E-state index contributed by atoms with van der Waals surface area (Å²) in [5.41, 5.74) is 0.662. The highest BCUT2D eigenvalue weighted by atomic mass is 32.2. The van der Waals surface area contributed by atoms with E-state index in [0.717, 1.165) is 12.2 Å². The topological polar surface area (TPSA) is 41.1 Å². The molecule has 1 fully saturated rings. The van der Waals surface area contributed by atoms with E-state index in [1.165, 1.54) is 12.5 Å². The number of rotatable bonds is 5. The van der Waals surface area contributed by atoms with Crippen molar-refractivity contribution in [3.05, 3.63) is 29.6 Å². The monoisotopic (exact) mass is 296 g/mol. The minimum atomic E-state index is -0.388. The molecule has 5 heteroatoms. The molecule has 0 bridgehead atoms. The normalized spacial score (nSPS) is 21.8. The number of para-hydroxylation sites is 1. The smallest absolute Gasteiger partial charge is 0.253 e. The number of hydrogen-bond acceptors (Lipinski definition) is 3. The number of amides is 1. The summed E-state index contributed by atoms with van der Waals surface area (Å²) < 4.78 is 13.9. The average molecular weight is 296 g/mol. The van der Waals surface area contributed by atoms with Crippen LogP contribution < -0.4 is 10.6 Å². The third kappa shape index (κ3) is 3.45. The molecular weight excluding hydrogens is 275 g/mol. The van der Waals surface area contributed by atoms with E-state index in [1.54, 1.807) is 12.1 Å². The maximum atomic E-state index is 13.8. The molecule has 2 rings (SSSR count). The average Bonchev–Trinajstić information content (AvgIpc) is 2.86. The molecule has 110 valence electrons. The summed E-state index contributed by atoms with van der Waals surface area (Å²) in [7, 11) is 0. The van der Waals surface area contributed by atoms with Gasteiger partial charge in [-0.05, 0) is 44.6 Å². The van der Waals surface area contributed by atoms with Crippen LogP contribution in [0.25, 0.3) is 0 Å². The van der Waals surface area contributed by atoms with Crippen molar-refractivity contribution in [3.8, 4) is 0 Å². The first-order valence-electron chi connectivity index (χ1n) is 7.00. The molecule has 3 nitrogen and oxygen atoms in total. The summed E-state index contributed by atoms with van der Waals surface area (Å²) in [6, 6.07) is 4.58. The first-order valence-corrected chi connectivity index (χ1v) is 7.99. The van der Waals surface area contributed by atoms with Crippen LogP contribution in [0.5, 0.6) is 0 Å². The highest BCUT2D eigenvalue weighted by Gasteiger charge is 2.30. The summed E-state index contributed by atoms with van der Waals surface area (Å²) in [6.45, 7) is 5.25. The predicted molar refractivity (Wildman–Crippen MR) is 83.0 cm³/mol. The Kier molecular flexibility index (Phi) is 4.91. The minimum Gasteiger partial charge on any atom is -0.382 e. The van der Waals surface area contributed by atoms with E-state index in [9.17, 15) is 9.18 Å². The lowest BCUT2D eigenvalue weighted by Gasteiger charge is -2.23. The van der Waals surface area contributed by atoms with Gasteiger partial charge in [0.2, 0.25) is 0 Å². The van der Waals surface area contributed by atoms with Crippen molar-refractivity contribution >= 4 is 23.4 Å². The molecule has 0 spiro atoms. The molecule has 1 saturated heterocycles. The maximum Gasteiger partial charge on any atom is 0.253 e. The zero-order valence-corrected chi connectivity index (χ0v) is 12.8. The maximum absolute atomic E-state index is 13.8. The van der Waals surface area contributed by atoms with Gasteiger partial charge in [0.15, 0.2) is 0 Å². The predicted octanol–water partition coefficient (Wildman–Crippen LogP) is 3.27. The van der Waals surface area contributed by atoms with Crippen LogP contribution >= 0.6 is 11.8 Å². The molecule has 1 unspecified atom stereocenters. The lowest BCUT2D eigenvalue weighted by Crippen LogP contribution is -2.37. The van der Waals surface area contributed by atoms with E-state index in [1.807, 2.05) is 18.7 Å². The van der Waals surface area contributed by atoms with Gasteiger partial charge in [-0.2, -0.15) is 11.8 Å². The number of carbonyl (C=O) groups excluding carboxylic acids is 1. The van der Waals surface area contributed by atoms with Gasteiger partial charge in [-0.3, -0.25) is 4.79 Å². The van der Waals surface area contributed by atoms with E-state index in [4.69, 9.17) is 0 Å². The largest absolute Gasteiger partial charge is 0.382 e. The second-order valence-corrected chi connectivity index (χ2v) is 6.96. The number of anilines is 1. The fourth-order valence-corrected chi connectivity index (χ4v) is 3.65. The Morgan fingerprint density at radius 1 is 1.50 bits per heavy atom. The van der Waals surface area contributed by atoms with Crippen LogP contribution in [0.1, 0.15) is 37.0 Å². The first-order chi connectivity index (χ1) is 9.56. The van der Waals surface area contributed by atoms with Gasteiger partial charge in [0.1, 0.15) is 5.82 Å². The van der Waals surface area contributed by atoms with E-state index in [2.05, 4.69) is 17.6 Å². The zero-order chi connectivity index (χ0) is 14.6. The van der Waals surface area contributed by atoms with Crippen molar-refractivity contribution in [2.45, 2.75) is 31.4 Å². The third-order valence-electron chi connectivity index (χ3n) is 3.54. The van der Waals surface area contributed by atoms with Crippen LogP contribution in [0.2, 0.25) is 0 Å². The molecule has 20 heavy (non-hydrogen) atoms. The molecule has 0 aromatic heterocycles. The summed E-state index contributed by atoms with van der Waals surface area (Å²) in [5.74, 6) is 0.546. The van der Waals surface area contributed by atoms with Crippen molar-refractivity contribution in [1.82, 2.24) is 5.32 Å². The lowest BCUT2D eigenvalue weighted by molar-refractivity contribution is 0.0950.